The van der Waals surface area contributed by atoms with Gasteiger partial charge in [0.2, 0.25) is 0 Å². The second kappa shape index (κ2) is 5.73. The monoisotopic (exact) mass is 243 g/mol. The van der Waals surface area contributed by atoms with Gasteiger partial charge in [-0.1, -0.05) is 0 Å². The Hall–Kier alpha value is -0.250. The molecule has 0 saturated heterocycles. The van der Waals surface area contributed by atoms with Gasteiger partial charge in [0.05, 0.1) is 0 Å². The fourth-order valence-corrected chi connectivity index (χ4v) is 2.08. The van der Waals surface area contributed by atoms with Crippen LogP contribution < -0.4 is 5.73 Å². The molecule has 4 N–H and O–H groups in total. The zero-order chi connectivity index (χ0) is 12.1. The van der Waals surface area contributed by atoms with E-state index in [-0.39, 0.29) is 13.2 Å². The second-order valence-corrected chi connectivity index (χ2v) is 4.22. The summed E-state index contributed by atoms with van der Waals surface area (Å²) in [7, 11) is -4.74. The van der Waals surface area contributed by atoms with E-state index in [0.29, 0.717) is 0 Å². The third-order valence-corrected chi connectivity index (χ3v) is 2.91. The lowest BCUT2D eigenvalue weighted by atomic mass is 10.3. The summed E-state index contributed by atoms with van der Waals surface area (Å²) in [5, 5.41) is 6.96. The third kappa shape index (κ3) is 3.10. The molecule has 7 nitrogen and oxygen atoms in total. The summed E-state index contributed by atoms with van der Waals surface area (Å²) in [6.45, 7) is 2.47. The number of rotatable bonds is 7. The van der Waals surface area contributed by atoms with E-state index in [9.17, 15) is 13.5 Å². The van der Waals surface area contributed by atoms with E-state index in [1.54, 1.807) is 0 Å². The van der Waals surface area contributed by atoms with Crippen molar-refractivity contribution in [2.75, 3.05) is 19.8 Å². The second-order valence-electron chi connectivity index (χ2n) is 2.70. The summed E-state index contributed by atoms with van der Waals surface area (Å²) in [6.07, 6.45) is -1.66. The van der Waals surface area contributed by atoms with Crippen LogP contribution in [0, 0.1) is 0 Å². The van der Waals surface area contributed by atoms with Crippen molar-refractivity contribution in [3.63, 3.8) is 0 Å². The van der Waals surface area contributed by atoms with Gasteiger partial charge < -0.3 is 20.3 Å². The molecule has 0 aliphatic heterocycles. The number of hydrogen-bond donors (Lipinski definition) is 3. The lowest BCUT2D eigenvalue weighted by molar-refractivity contribution is -0.224. The van der Waals surface area contributed by atoms with E-state index in [1.807, 2.05) is 0 Å². The minimum atomic E-state index is -4.74. The highest BCUT2D eigenvalue weighted by Gasteiger charge is 2.51. The van der Waals surface area contributed by atoms with Gasteiger partial charge in [0.1, 0.15) is 6.10 Å². The molecule has 0 spiro atoms. The van der Waals surface area contributed by atoms with E-state index in [2.05, 4.69) is 0 Å². The van der Waals surface area contributed by atoms with Gasteiger partial charge >= 0.3 is 15.2 Å². The van der Waals surface area contributed by atoms with Crippen molar-refractivity contribution in [2.45, 2.75) is 25.1 Å². The van der Waals surface area contributed by atoms with Crippen LogP contribution in [0.25, 0.3) is 0 Å². The van der Waals surface area contributed by atoms with Gasteiger partial charge in [0.25, 0.3) is 0 Å². The maximum atomic E-state index is 11.1. The molecule has 0 aromatic carbocycles. The van der Waals surface area contributed by atoms with Gasteiger partial charge in [-0.05, 0) is 13.8 Å². The highest BCUT2D eigenvalue weighted by atomic mass is 32.2. The Morgan fingerprint density at radius 2 is 1.73 bits per heavy atom. The lowest BCUT2D eigenvalue weighted by Crippen LogP contribution is -2.56. The van der Waals surface area contributed by atoms with Gasteiger partial charge in [-0.15, -0.1) is 0 Å². The van der Waals surface area contributed by atoms with Gasteiger partial charge in [-0.25, -0.2) is 0 Å². The first-order valence-electron chi connectivity index (χ1n) is 4.48. The Morgan fingerprint density at radius 3 is 1.93 bits per heavy atom. The zero-order valence-corrected chi connectivity index (χ0v) is 9.53. The molecule has 0 fully saturated rings. The maximum Gasteiger partial charge on any atom is 0.327 e. The van der Waals surface area contributed by atoms with Crippen molar-refractivity contribution in [2.24, 2.45) is 5.73 Å². The maximum absolute atomic E-state index is 11.1. The van der Waals surface area contributed by atoms with E-state index >= 15 is 0 Å². The predicted molar refractivity (Wildman–Crippen MR) is 52.6 cm³/mol. The van der Waals surface area contributed by atoms with Crippen molar-refractivity contribution >= 4 is 10.1 Å². The highest BCUT2D eigenvalue weighted by molar-refractivity contribution is 7.87. The quantitative estimate of drug-likeness (QED) is 0.384. The number of hydrogen-bond acceptors (Lipinski definition) is 6. The molecule has 0 aromatic heterocycles. The molecule has 92 valence electrons. The predicted octanol–water partition coefficient (Wildman–Crippen LogP) is -1.08. The largest absolute Gasteiger partial charge is 0.385 e. The van der Waals surface area contributed by atoms with Crippen LogP contribution in [-0.2, 0) is 19.6 Å². The molecule has 1 unspecified atom stereocenters. The summed E-state index contributed by atoms with van der Waals surface area (Å²) in [5.74, 6) is 0. The van der Waals surface area contributed by atoms with Crippen molar-refractivity contribution < 1.29 is 27.6 Å². The number of nitrogens with two attached hydrogens (primary N) is 1. The number of ether oxygens (including phenoxy) is 2. The Morgan fingerprint density at radius 1 is 1.33 bits per heavy atom. The van der Waals surface area contributed by atoms with Crippen LogP contribution in [-0.4, -0.2) is 49.1 Å². The highest BCUT2D eigenvalue weighted by Crippen LogP contribution is 2.24. The van der Waals surface area contributed by atoms with Crippen LogP contribution in [0.15, 0.2) is 0 Å². The zero-order valence-electron chi connectivity index (χ0n) is 8.71. The molecule has 8 heteroatoms. The minimum Gasteiger partial charge on any atom is -0.385 e. The molecule has 15 heavy (non-hydrogen) atoms. The Labute approximate surface area is 88.9 Å². The van der Waals surface area contributed by atoms with Gasteiger partial charge in [-0.3, -0.25) is 4.55 Å². The normalized spacial score (nSPS) is 15.3. The standard InChI is InChI=1S/C7H17NO6S/c1-3-13-7(14-4-2,6(9)5-8)15(10,11)12/h6,9H,3-5,8H2,1-2H3,(H,10,11,12). The molecule has 0 aromatic rings. The van der Waals surface area contributed by atoms with Crippen LogP contribution in [0.3, 0.4) is 0 Å². The molecule has 1 atom stereocenters. The average Bonchev–Trinajstić information content (AvgIpc) is 2.14. The van der Waals surface area contributed by atoms with Crippen LogP contribution >= 0.6 is 0 Å². The number of aliphatic hydroxyl groups excluding tert-OH is 1. The lowest BCUT2D eigenvalue weighted by Gasteiger charge is -2.33. The summed E-state index contributed by atoms with van der Waals surface area (Å²) in [5.41, 5.74) is 5.13. The Bertz CT molecular complexity index is 271. The van der Waals surface area contributed by atoms with Gasteiger partial charge in [0, 0.05) is 19.8 Å². The third-order valence-electron chi connectivity index (χ3n) is 1.68. The van der Waals surface area contributed by atoms with E-state index in [0.717, 1.165) is 0 Å². The first-order valence-corrected chi connectivity index (χ1v) is 5.92. The van der Waals surface area contributed by atoms with Crippen molar-refractivity contribution in [3.8, 4) is 0 Å². The molecule has 0 aliphatic carbocycles. The average molecular weight is 243 g/mol. The first-order chi connectivity index (χ1) is 6.85. The molecule has 0 rings (SSSR count). The van der Waals surface area contributed by atoms with Gasteiger partial charge in [-0.2, -0.15) is 8.42 Å². The molecule has 0 bridgehead atoms. The molecule has 0 radical (unpaired) electrons. The molecule has 0 amide bonds. The van der Waals surface area contributed by atoms with Crippen molar-refractivity contribution in [1.29, 1.82) is 0 Å². The minimum absolute atomic E-state index is 0.0587. The number of aliphatic hydroxyl groups is 1. The molecule has 0 saturated carbocycles. The fourth-order valence-electron chi connectivity index (χ4n) is 1.10. The van der Waals surface area contributed by atoms with Crippen LogP contribution in [0.5, 0.6) is 0 Å². The van der Waals surface area contributed by atoms with Gasteiger partial charge in [0.15, 0.2) is 0 Å². The summed E-state index contributed by atoms with van der Waals surface area (Å²) < 4.78 is 40.8. The first kappa shape index (κ1) is 14.8. The smallest absolute Gasteiger partial charge is 0.327 e. The molecule has 0 aliphatic rings. The van der Waals surface area contributed by atoms with E-state index in [1.165, 1.54) is 13.8 Å². The van der Waals surface area contributed by atoms with E-state index in [4.69, 9.17) is 19.8 Å². The van der Waals surface area contributed by atoms with Crippen LogP contribution in [0.2, 0.25) is 0 Å². The molecule has 0 heterocycles. The fraction of sp³-hybridized carbons (Fsp3) is 1.00. The topological polar surface area (TPSA) is 119 Å². The summed E-state index contributed by atoms with van der Waals surface area (Å²) in [4.78, 5) is 0. The SMILES string of the molecule is CCOC(OCC)(C(O)CN)S(=O)(=O)O. The Kier molecular flexibility index (Phi) is 5.63. The van der Waals surface area contributed by atoms with Crippen LogP contribution in [0.4, 0.5) is 0 Å². The Balaban J connectivity index is 5.26. The van der Waals surface area contributed by atoms with E-state index < -0.39 is 27.9 Å². The summed E-state index contributed by atoms with van der Waals surface area (Å²) in [6, 6.07) is 0. The molecular weight excluding hydrogens is 226 g/mol. The molecular formula is C7H17NO6S. The van der Waals surface area contributed by atoms with Crippen molar-refractivity contribution in [3.05, 3.63) is 0 Å². The van der Waals surface area contributed by atoms with Crippen LogP contribution in [0.1, 0.15) is 13.8 Å². The summed E-state index contributed by atoms with van der Waals surface area (Å²) >= 11 is 0. The van der Waals surface area contributed by atoms with Crippen molar-refractivity contribution in [1.82, 2.24) is 0 Å².